The van der Waals surface area contributed by atoms with Crippen molar-refractivity contribution in [2.45, 2.75) is 13.3 Å². The van der Waals surface area contributed by atoms with Crippen LogP contribution in [0.1, 0.15) is 17.5 Å². The fraction of sp³-hybridized carbons (Fsp3) is 0.273. The minimum Gasteiger partial charge on any atom is -0.258 e. The highest BCUT2D eigenvalue weighted by atomic mass is 32.1. The van der Waals surface area contributed by atoms with E-state index in [-0.39, 0.29) is 5.69 Å². The van der Waals surface area contributed by atoms with Crippen molar-refractivity contribution in [3.63, 3.8) is 0 Å². The minimum absolute atomic E-state index is 0.0710. The van der Waals surface area contributed by atoms with Crippen molar-refractivity contribution >= 4 is 18.3 Å². The first-order chi connectivity index (χ1) is 7.15. The van der Waals surface area contributed by atoms with Crippen molar-refractivity contribution in [3.8, 4) is 11.8 Å². The molecule has 0 amide bonds. The molecule has 0 aliphatic heterocycles. The Kier molecular flexibility index (Phi) is 4.19. The third kappa shape index (κ3) is 3.30. The zero-order valence-electron chi connectivity index (χ0n) is 8.36. The lowest BCUT2D eigenvalue weighted by atomic mass is 10.1. The zero-order chi connectivity index (χ0) is 11.3. The van der Waals surface area contributed by atoms with E-state index in [1.165, 1.54) is 6.07 Å². The Balaban J connectivity index is 3.08. The van der Waals surface area contributed by atoms with E-state index < -0.39 is 4.92 Å². The lowest BCUT2D eigenvalue weighted by molar-refractivity contribution is -0.385. The van der Waals surface area contributed by atoms with E-state index in [1.54, 1.807) is 6.07 Å². The Morgan fingerprint density at radius 2 is 2.27 bits per heavy atom. The Morgan fingerprint density at radius 1 is 1.53 bits per heavy atom. The van der Waals surface area contributed by atoms with E-state index in [1.807, 2.05) is 13.0 Å². The number of benzene rings is 1. The minimum atomic E-state index is -0.405. The molecular formula is C11H11NO2S. The molecule has 1 aromatic rings. The molecule has 0 heterocycles. The lowest BCUT2D eigenvalue weighted by Gasteiger charge is -1.96. The highest BCUT2D eigenvalue weighted by Crippen LogP contribution is 2.18. The van der Waals surface area contributed by atoms with Gasteiger partial charge in [-0.05, 0) is 18.6 Å². The van der Waals surface area contributed by atoms with Crippen molar-refractivity contribution in [3.05, 3.63) is 39.4 Å². The summed E-state index contributed by atoms with van der Waals surface area (Å²) in [5, 5.41) is 10.7. The van der Waals surface area contributed by atoms with E-state index in [0.717, 1.165) is 5.56 Å². The number of nitro groups is 1. The molecule has 15 heavy (non-hydrogen) atoms. The number of nitrogens with zero attached hydrogens (tertiary/aromatic N) is 1. The Morgan fingerprint density at radius 3 is 2.87 bits per heavy atom. The Hall–Kier alpha value is -1.47. The van der Waals surface area contributed by atoms with Gasteiger partial charge in [0.1, 0.15) is 5.56 Å². The van der Waals surface area contributed by atoms with E-state index in [4.69, 9.17) is 0 Å². The monoisotopic (exact) mass is 221 g/mol. The van der Waals surface area contributed by atoms with Crippen LogP contribution in [0.2, 0.25) is 0 Å². The summed E-state index contributed by atoms with van der Waals surface area (Å²) < 4.78 is 0. The van der Waals surface area contributed by atoms with Crippen LogP contribution in [0, 0.1) is 28.9 Å². The molecule has 0 unspecified atom stereocenters. The second-order valence-electron chi connectivity index (χ2n) is 3.05. The molecule has 0 radical (unpaired) electrons. The van der Waals surface area contributed by atoms with Gasteiger partial charge in [0.05, 0.1) is 4.92 Å². The third-order valence-corrected chi connectivity index (χ3v) is 2.03. The fourth-order valence-corrected chi connectivity index (χ4v) is 1.22. The number of nitro benzene ring substituents is 1. The topological polar surface area (TPSA) is 43.1 Å². The summed E-state index contributed by atoms with van der Waals surface area (Å²) in [6, 6.07) is 5.03. The molecule has 3 nitrogen and oxygen atoms in total. The quantitative estimate of drug-likeness (QED) is 0.361. The van der Waals surface area contributed by atoms with Crippen molar-refractivity contribution in [1.29, 1.82) is 0 Å². The molecule has 0 aliphatic rings. The predicted molar refractivity (Wildman–Crippen MR) is 63.2 cm³/mol. The normalized spacial score (nSPS) is 9.20. The zero-order valence-corrected chi connectivity index (χ0v) is 9.25. The molecule has 0 fully saturated rings. The van der Waals surface area contributed by atoms with Crippen LogP contribution in [0.15, 0.2) is 18.2 Å². The summed E-state index contributed by atoms with van der Waals surface area (Å²) in [5.74, 6) is 6.28. The van der Waals surface area contributed by atoms with Gasteiger partial charge < -0.3 is 0 Å². The van der Waals surface area contributed by atoms with E-state index in [0.29, 0.717) is 17.7 Å². The molecule has 78 valence electrons. The summed E-state index contributed by atoms with van der Waals surface area (Å²) in [6.45, 7) is 1.82. The summed E-state index contributed by atoms with van der Waals surface area (Å²) in [7, 11) is 0. The van der Waals surface area contributed by atoms with Crippen LogP contribution in [0.25, 0.3) is 0 Å². The van der Waals surface area contributed by atoms with Crippen LogP contribution in [0.4, 0.5) is 5.69 Å². The van der Waals surface area contributed by atoms with E-state index in [2.05, 4.69) is 24.5 Å². The molecule has 0 atom stereocenters. The fourth-order valence-electron chi connectivity index (χ4n) is 1.11. The maximum Gasteiger partial charge on any atom is 0.285 e. The summed E-state index contributed by atoms with van der Waals surface area (Å²) in [6.07, 6.45) is 0.633. The molecule has 0 bridgehead atoms. The maximum absolute atomic E-state index is 10.7. The molecule has 0 saturated carbocycles. The highest BCUT2D eigenvalue weighted by Gasteiger charge is 2.11. The molecule has 1 rings (SSSR count). The number of hydrogen-bond acceptors (Lipinski definition) is 3. The number of hydrogen-bond donors (Lipinski definition) is 1. The van der Waals surface area contributed by atoms with Crippen LogP contribution < -0.4 is 0 Å². The Bertz CT molecular complexity index is 432. The van der Waals surface area contributed by atoms with Crippen molar-refractivity contribution in [2.75, 3.05) is 5.75 Å². The van der Waals surface area contributed by atoms with Gasteiger partial charge in [0, 0.05) is 18.2 Å². The van der Waals surface area contributed by atoms with Crippen LogP contribution in [-0.2, 0) is 0 Å². The second-order valence-corrected chi connectivity index (χ2v) is 3.50. The first-order valence-corrected chi connectivity index (χ1v) is 5.13. The summed E-state index contributed by atoms with van der Waals surface area (Å²) in [4.78, 5) is 10.3. The van der Waals surface area contributed by atoms with Gasteiger partial charge in [0.15, 0.2) is 0 Å². The second kappa shape index (κ2) is 5.42. The van der Waals surface area contributed by atoms with Gasteiger partial charge in [0.25, 0.3) is 5.69 Å². The van der Waals surface area contributed by atoms with Gasteiger partial charge in [-0.1, -0.05) is 17.9 Å². The molecule has 0 spiro atoms. The Labute approximate surface area is 94.1 Å². The van der Waals surface area contributed by atoms with Gasteiger partial charge >= 0.3 is 0 Å². The van der Waals surface area contributed by atoms with Gasteiger partial charge in [-0.25, -0.2) is 0 Å². The van der Waals surface area contributed by atoms with Gasteiger partial charge in [-0.15, -0.1) is 0 Å². The highest BCUT2D eigenvalue weighted by molar-refractivity contribution is 7.80. The maximum atomic E-state index is 10.7. The van der Waals surface area contributed by atoms with Gasteiger partial charge in [-0.3, -0.25) is 10.1 Å². The van der Waals surface area contributed by atoms with Crippen LogP contribution in [0.5, 0.6) is 0 Å². The first-order valence-electron chi connectivity index (χ1n) is 4.50. The SMILES string of the molecule is Cc1ccc(C#CCCS)c([N+](=O)[O-])c1. The average molecular weight is 221 g/mol. The third-order valence-electron chi connectivity index (χ3n) is 1.81. The van der Waals surface area contributed by atoms with E-state index >= 15 is 0 Å². The van der Waals surface area contributed by atoms with E-state index in [9.17, 15) is 10.1 Å². The standard InChI is InChI=1S/C11H11NO2S/c1-9-5-6-10(4-2-3-7-15)11(8-9)12(13)14/h5-6,8,15H,3,7H2,1H3. The smallest absolute Gasteiger partial charge is 0.258 e. The van der Waals surface area contributed by atoms with Gasteiger partial charge in [-0.2, -0.15) is 12.6 Å². The van der Waals surface area contributed by atoms with Crippen LogP contribution >= 0.6 is 12.6 Å². The van der Waals surface area contributed by atoms with Crippen LogP contribution in [-0.4, -0.2) is 10.7 Å². The molecule has 0 N–H and O–H groups in total. The summed E-state index contributed by atoms with van der Waals surface area (Å²) >= 11 is 4.01. The molecule has 1 aromatic carbocycles. The molecule has 4 heteroatoms. The number of rotatable bonds is 2. The molecule has 0 saturated heterocycles. The van der Waals surface area contributed by atoms with Crippen molar-refractivity contribution < 1.29 is 4.92 Å². The number of thiol groups is 1. The van der Waals surface area contributed by atoms with Crippen molar-refractivity contribution in [1.82, 2.24) is 0 Å². The number of aryl methyl sites for hydroxylation is 1. The molecule has 0 aliphatic carbocycles. The average Bonchev–Trinajstić information content (AvgIpc) is 2.20. The lowest BCUT2D eigenvalue weighted by Crippen LogP contribution is -1.92. The van der Waals surface area contributed by atoms with Gasteiger partial charge in [0.2, 0.25) is 0 Å². The van der Waals surface area contributed by atoms with Crippen LogP contribution in [0.3, 0.4) is 0 Å². The van der Waals surface area contributed by atoms with Crippen molar-refractivity contribution in [2.24, 2.45) is 0 Å². The predicted octanol–water partition coefficient (Wildman–Crippen LogP) is 2.57. The first kappa shape index (κ1) is 11.6. The largest absolute Gasteiger partial charge is 0.285 e. The summed E-state index contributed by atoms with van der Waals surface area (Å²) in [5.41, 5.74) is 1.40. The molecular weight excluding hydrogens is 210 g/mol. The molecule has 0 aromatic heterocycles.